The van der Waals surface area contributed by atoms with Gasteiger partial charge >= 0.3 is 18.3 Å². The zero-order chi connectivity index (χ0) is 28.3. The van der Waals surface area contributed by atoms with Crippen molar-refractivity contribution in [2.75, 3.05) is 20.7 Å². The molecule has 11 heteroatoms. The van der Waals surface area contributed by atoms with E-state index >= 15 is 0 Å². The van der Waals surface area contributed by atoms with Gasteiger partial charge in [-0.25, -0.2) is 4.39 Å². The van der Waals surface area contributed by atoms with Gasteiger partial charge in [0.1, 0.15) is 5.82 Å². The third-order valence-electron chi connectivity index (χ3n) is 6.96. The molecule has 0 spiro atoms. The summed E-state index contributed by atoms with van der Waals surface area (Å²) >= 11 is 0. The number of hydrogen-bond donors (Lipinski definition) is 0. The second kappa shape index (κ2) is 12.0. The molecule has 0 aromatic heterocycles. The number of carbonyl (C=O) groups is 1. The van der Waals surface area contributed by atoms with Gasteiger partial charge in [0.05, 0.1) is 30.4 Å². The molecular weight excluding hydrogens is 519 g/mol. The van der Waals surface area contributed by atoms with Gasteiger partial charge in [-0.05, 0) is 81.2 Å². The third-order valence-corrected chi connectivity index (χ3v) is 6.96. The minimum absolute atomic E-state index is 0.0897. The number of carbonyl (C=O) groups excluding carboxylic acids is 1. The lowest BCUT2D eigenvalue weighted by molar-refractivity contribution is -0.143. The first-order valence-corrected chi connectivity index (χ1v) is 12.2. The van der Waals surface area contributed by atoms with Crippen LogP contribution >= 0.6 is 0 Å². The van der Waals surface area contributed by atoms with Crippen LogP contribution in [0.15, 0.2) is 42.5 Å². The number of rotatable bonds is 9. The van der Waals surface area contributed by atoms with Crippen LogP contribution in [0.25, 0.3) is 0 Å². The highest BCUT2D eigenvalue weighted by molar-refractivity contribution is 5.69. The zero-order valence-electron chi connectivity index (χ0n) is 21.2. The van der Waals surface area contributed by atoms with Crippen molar-refractivity contribution in [1.29, 1.82) is 0 Å². The molecule has 0 heterocycles. The molecule has 38 heavy (non-hydrogen) atoms. The average molecular weight is 550 g/mol. The van der Waals surface area contributed by atoms with Crippen LogP contribution in [0.4, 0.5) is 30.7 Å². The van der Waals surface area contributed by atoms with Gasteiger partial charge in [0.2, 0.25) is 0 Å². The van der Waals surface area contributed by atoms with E-state index in [0.717, 1.165) is 5.56 Å². The van der Waals surface area contributed by atoms with Crippen LogP contribution in [-0.4, -0.2) is 43.7 Å². The summed E-state index contributed by atoms with van der Waals surface area (Å²) in [5.74, 6) is -1.10. The standard InChI is InChI=1S/C27H30F7NO3/c1-16(18-13-19(26(29,30)31)15-20(14-18)27(32,33)34)38-23-11-10-22(35(2)12-4-5-24(36)37-3)25(23)17-6-8-21(28)9-7-17/h6-9,13-16,22-23,25H,4-5,10-12H2,1-3H3/t16-,22-,23+,25+/m1/s1. The predicted octanol–water partition coefficient (Wildman–Crippen LogP) is 7.14. The van der Waals surface area contributed by atoms with Crippen LogP contribution in [-0.2, 0) is 26.6 Å². The second-order valence-electron chi connectivity index (χ2n) is 9.54. The fourth-order valence-electron chi connectivity index (χ4n) is 5.01. The number of halogens is 7. The Morgan fingerprint density at radius 1 is 1.00 bits per heavy atom. The first-order chi connectivity index (χ1) is 17.7. The molecular formula is C27H30F7NO3. The maximum atomic E-state index is 13.6. The molecule has 1 aliphatic rings. The molecule has 0 saturated heterocycles. The van der Waals surface area contributed by atoms with Crippen molar-refractivity contribution in [3.63, 3.8) is 0 Å². The highest BCUT2D eigenvalue weighted by Crippen LogP contribution is 2.43. The summed E-state index contributed by atoms with van der Waals surface area (Å²) in [7, 11) is 3.17. The SMILES string of the molecule is COC(=O)CCCN(C)[C@@H]1CC[C@H](O[C@H](C)c2cc(C(F)(F)F)cc(C(F)(F)F)c2)[C@H]1c1ccc(F)cc1. The fraction of sp³-hybridized carbons (Fsp3) is 0.519. The summed E-state index contributed by atoms with van der Waals surface area (Å²) in [6.07, 6.45) is -9.67. The first kappa shape index (κ1) is 29.9. The topological polar surface area (TPSA) is 38.8 Å². The highest BCUT2D eigenvalue weighted by Gasteiger charge is 2.42. The van der Waals surface area contributed by atoms with Crippen molar-refractivity contribution in [3.05, 3.63) is 70.5 Å². The Morgan fingerprint density at radius 2 is 1.58 bits per heavy atom. The van der Waals surface area contributed by atoms with Crippen molar-refractivity contribution in [2.24, 2.45) is 0 Å². The highest BCUT2D eigenvalue weighted by atomic mass is 19.4. The summed E-state index contributed by atoms with van der Waals surface area (Å²) < 4.78 is 105. The Kier molecular flexibility index (Phi) is 9.46. The van der Waals surface area contributed by atoms with Gasteiger partial charge in [-0.1, -0.05) is 12.1 Å². The van der Waals surface area contributed by atoms with E-state index in [1.54, 1.807) is 12.1 Å². The van der Waals surface area contributed by atoms with Crippen LogP contribution in [0.5, 0.6) is 0 Å². The number of benzene rings is 2. The molecule has 1 aliphatic carbocycles. The molecule has 2 aromatic rings. The van der Waals surface area contributed by atoms with Crippen molar-refractivity contribution in [1.82, 2.24) is 4.90 Å². The van der Waals surface area contributed by atoms with E-state index in [4.69, 9.17) is 4.74 Å². The minimum Gasteiger partial charge on any atom is -0.469 e. The molecule has 4 atom stereocenters. The van der Waals surface area contributed by atoms with Crippen LogP contribution in [0.2, 0.25) is 0 Å². The van der Waals surface area contributed by atoms with Crippen molar-refractivity contribution in [2.45, 2.75) is 69.1 Å². The molecule has 210 valence electrons. The predicted molar refractivity (Wildman–Crippen MR) is 126 cm³/mol. The molecule has 0 aliphatic heterocycles. The lowest BCUT2D eigenvalue weighted by Gasteiger charge is -2.33. The van der Waals surface area contributed by atoms with E-state index in [9.17, 15) is 35.5 Å². The van der Waals surface area contributed by atoms with Crippen molar-refractivity contribution >= 4 is 5.97 Å². The maximum Gasteiger partial charge on any atom is 0.416 e. The van der Waals surface area contributed by atoms with Crippen LogP contribution < -0.4 is 0 Å². The number of nitrogens with zero attached hydrogens (tertiary/aromatic N) is 1. The normalized spacial score (nSPS) is 21.1. The van der Waals surface area contributed by atoms with Gasteiger partial charge < -0.3 is 14.4 Å². The Balaban J connectivity index is 1.87. The van der Waals surface area contributed by atoms with Crippen LogP contribution in [0.3, 0.4) is 0 Å². The molecule has 1 saturated carbocycles. The van der Waals surface area contributed by atoms with Crippen LogP contribution in [0, 0.1) is 5.82 Å². The van der Waals surface area contributed by atoms with E-state index in [1.807, 2.05) is 11.9 Å². The Bertz CT molecular complexity index is 1050. The van der Waals surface area contributed by atoms with E-state index < -0.39 is 41.5 Å². The number of alkyl halides is 6. The quantitative estimate of drug-likeness (QED) is 0.246. The molecule has 0 N–H and O–H groups in total. The number of esters is 1. The largest absolute Gasteiger partial charge is 0.469 e. The summed E-state index contributed by atoms with van der Waals surface area (Å²) in [5, 5.41) is 0. The molecule has 4 nitrogen and oxygen atoms in total. The summed E-state index contributed by atoms with van der Waals surface area (Å²) in [4.78, 5) is 13.5. The molecule has 2 aromatic carbocycles. The molecule has 3 rings (SSSR count). The molecule has 0 amide bonds. The van der Waals surface area contributed by atoms with E-state index in [1.165, 1.54) is 26.2 Å². The number of ether oxygens (including phenoxy) is 2. The van der Waals surface area contributed by atoms with Gasteiger partial charge in [-0.3, -0.25) is 4.79 Å². The molecule has 0 unspecified atom stereocenters. The average Bonchev–Trinajstić information content (AvgIpc) is 3.26. The van der Waals surface area contributed by atoms with Gasteiger partial charge in [-0.15, -0.1) is 0 Å². The molecule has 0 bridgehead atoms. The lowest BCUT2D eigenvalue weighted by Crippen LogP contribution is -2.37. The van der Waals surface area contributed by atoms with Gasteiger partial charge in [0, 0.05) is 18.4 Å². The Hall–Kier alpha value is -2.66. The van der Waals surface area contributed by atoms with Crippen molar-refractivity contribution < 1.29 is 45.0 Å². The Labute approximate surface area is 216 Å². The summed E-state index contributed by atoms with van der Waals surface area (Å²) in [6, 6.07) is 7.14. The van der Waals surface area contributed by atoms with E-state index in [-0.39, 0.29) is 36.0 Å². The van der Waals surface area contributed by atoms with E-state index in [2.05, 4.69) is 4.74 Å². The lowest BCUT2D eigenvalue weighted by atomic mass is 9.91. The molecule has 0 radical (unpaired) electrons. The third kappa shape index (κ3) is 7.47. The van der Waals surface area contributed by atoms with Gasteiger partial charge in [0.25, 0.3) is 0 Å². The number of methoxy groups -OCH3 is 1. The monoisotopic (exact) mass is 549 g/mol. The number of likely N-dealkylation sites (N-methyl/N-ethyl adjacent to an activating group) is 1. The minimum atomic E-state index is -4.96. The maximum absolute atomic E-state index is 13.6. The first-order valence-electron chi connectivity index (χ1n) is 12.2. The van der Waals surface area contributed by atoms with E-state index in [0.29, 0.717) is 37.9 Å². The molecule has 1 fully saturated rings. The number of hydrogen-bond acceptors (Lipinski definition) is 4. The van der Waals surface area contributed by atoms with Gasteiger partial charge in [-0.2, -0.15) is 26.3 Å². The summed E-state index contributed by atoms with van der Waals surface area (Å²) in [5.41, 5.74) is -2.30. The zero-order valence-corrected chi connectivity index (χ0v) is 21.2. The van der Waals surface area contributed by atoms with Gasteiger partial charge in [0.15, 0.2) is 0 Å². The van der Waals surface area contributed by atoms with Crippen LogP contribution in [0.1, 0.15) is 66.9 Å². The smallest absolute Gasteiger partial charge is 0.416 e. The second-order valence-corrected chi connectivity index (χ2v) is 9.54. The van der Waals surface area contributed by atoms with Crippen molar-refractivity contribution in [3.8, 4) is 0 Å². The summed E-state index contributed by atoms with van der Waals surface area (Å²) in [6.45, 7) is 1.97. The Morgan fingerprint density at radius 3 is 2.11 bits per heavy atom. The fourth-order valence-corrected chi connectivity index (χ4v) is 5.01.